The molecule has 12 heteroatoms. The van der Waals surface area contributed by atoms with E-state index in [-0.39, 0.29) is 16.5 Å². The minimum absolute atomic E-state index is 0.128. The zero-order valence-electron chi connectivity index (χ0n) is 16.0. The van der Waals surface area contributed by atoms with Crippen LogP contribution in [-0.4, -0.2) is 31.0 Å². The van der Waals surface area contributed by atoms with Crippen molar-refractivity contribution in [3.05, 3.63) is 60.7 Å². The summed E-state index contributed by atoms with van der Waals surface area (Å²) in [5.41, 5.74) is 5.37. The first-order valence-electron chi connectivity index (χ1n) is 8.90. The zero-order chi connectivity index (χ0) is 23.3. The number of hydrogen-bond acceptors (Lipinski definition) is 8. The molecule has 4 aromatic carbocycles. The summed E-state index contributed by atoms with van der Waals surface area (Å²) in [6, 6.07) is 15.1. The van der Waals surface area contributed by atoms with Crippen LogP contribution in [0.15, 0.2) is 80.7 Å². The van der Waals surface area contributed by atoms with Crippen molar-refractivity contribution in [2.75, 3.05) is 5.73 Å². The number of nitrogens with two attached hydrogens (primary N) is 1. The Morgan fingerprint density at radius 3 is 2.16 bits per heavy atom. The third-order valence-electron chi connectivity index (χ3n) is 4.75. The standard InChI is InChI=1S/C20H15N3O7S2/c21-15-10-13(31(25,26)27)8-12-9-17(32(28,29)30)19(20(24)18(12)15)23-22-16-7-3-5-11-4-1-2-6-14(11)16/h1-10,24H,21H2,(H,25,26,27)(H,28,29,30)/b23-22+. The summed E-state index contributed by atoms with van der Waals surface area (Å²) < 4.78 is 65.9. The highest BCUT2D eigenvalue weighted by molar-refractivity contribution is 7.86. The highest BCUT2D eigenvalue weighted by atomic mass is 32.2. The van der Waals surface area contributed by atoms with Crippen LogP contribution in [0.25, 0.3) is 21.5 Å². The number of fused-ring (bicyclic) bond motifs is 2. The summed E-state index contributed by atoms with van der Waals surface area (Å²) in [7, 11) is -9.59. The Balaban J connectivity index is 2.01. The van der Waals surface area contributed by atoms with E-state index in [0.717, 1.165) is 23.6 Å². The van der Waals surface area contributed by atoms with E-state index in [1.807, 2.05) is 18.2 Å². The zero-order valence-corrected chi connectivity index (χ0v) is 17.7. The van der Waals surface area contributed by atoms with Gasteiger partial charge in [0.15, 0.2) is 5.75 Å². The molecule has 0 aromatic heterocycles. The molecular formula is C20H15N3O7S2. The van der Waals surface area contributed by atoms with Crippen molar-refractivity contribution in [1.29, 1.82) is 0 Å². The lowest BCUT2D eigenvalue weighted by Gasteiger charge is -2.12. The van der Waals surface area contributed by atoms with Crippen LogP contribution in [0.2, 0.25) is 0 Å². The topological polar surface area (TPSA) is 180 Å². The fraction of sp³-hybridized carbons (Fsp3) is 0. The number of hydrogen-bond donors (Lipinski definition) is 4. The van der Waals surface area contributed by atoms with Crippen molar-refractivity contribution < 1.29 is 31.0 Å². The van der Waals surface area contributed by atoms with Crippen molar-refractivity contribution in [2.45, 2.75) is 9.79 Å². The van der Waals surface area contributed by atoms with Crippen LogP contribution in [0, 0.1) is 0 Å². The molecule has 0 heterocycles. The molecule has 0 radical (unpaired) electrons. The van der Waals surface area contributed by atoms with E-state index in [4.69, 9.17) is 5.73 Å². The number of phenols is 1. The summed E-state index contributed by atoms with van der Waals surface area (Å²) in [4.78, 5) is -1.44. The number of nitrogens with zero attached hydrogens (tertiary/aromatic N) is 2. The predicted molar refractivity (Wildman–Crippen MR) is 118 cm³/mol. The molecule has 4 rings (SSSR count). The van der Waals surface area contributed by atoms with Gasteiger partial charge in [0.1, 0.15) is 10.6 Å². The van der Waals surface area contributed by atoms with Crippen molar-refractivity contribution in [3.8, 4) is 5.75 Å². The van der Waals surface area contributed by atoms with E-state index in [2.05, 4.69) is 10.2 Å². The first-order valence-corrected chi connectivity index (χ1v) is 11.8. The van der Waals surface area contributed by atoms with Crippen molar-refractivity contribution >= 4 is 58.8 Å². The van der Waals surface area contributed by atoms with Crippen molar-refractivity contribution in [1.82, 2.24) is 0 Å². The first kappa shape index (κ1) is 21.6. The lowest BCUT2D eigenvalue weighted by molar-refractivity contribution is 0.472. The summed E-state index contributed by atoms with van der Waals surface area (Å²) in [6.45, 7) is 0. The second kappa shape index (κ2) is 7.53. The number of phenolic OH excluding ortho intramolecular Hbond substituents is 1. The van der Waals surface area contributed by atoms with Gasteiger partial charge in [0.2, 0.25) is 0 Å². The number of benzene rings is 4. The molecule has 10 nitrogen and oxygen atoms in total. The SMILES string of the molecule is Nc1cc(S(=O)(=O)O)cc2cc(S(=O)(=O)O)c(/N=N/c3cccc4ccccc34)c(O)c12. The van der Waals surface area contributed by atoms with E-state index in [9.17, 15) is 31.0 Å². The quantitative estimate of drug-likeness (QED) is 0.193. The Hall–Kier alpha value is -3.58. The summed E-state index contributed by atoms with van der Waals surface area (Å²) >= 11 is 0. The number of azo groups is 1. The predicted octanol–water partition coefficient (Wildman–Crippen LogP) is 4.19. The van der Waals surface area contributed by atoms with Gasteiger partial charge in [-0.3, -0.25) is 9.11 Å². The number of anilines is 1. The third-order valence-corrected chi connectivity index (χ3v) is 6.45. The Morgan fingerprint density at radius 1 is 0.781 bits per heavy atom. The smallest absolute Gasteiger partial charge is 0.296 e. The molecular weight excluding hydrogens is 458 g/mol. The van der Waals surface area contributed by atoms with Crippen LogP contribution in [0.3, 0.4) is 0 Å². The summed E-state index contributed by atoms with van der Waals surface area (Å²) in [5.74, 6) is -0.738. The first-order chi connectivity index (χ1) is 15.0. The molecule has 0 bridgehead atoms. The second-order valence-electron chi connectivity index (χ2n) is 6.83. The van der Waals surface area contributed by atoms with Crippen LogP contribution in [-0.2, 0) is 20.2 Å². The molecule has 4 aromatic rings. The van der Waals surface area contributed by atoms with Crippen molar-refractivity contribution in [2.24, 2.45) is 10.2 Å². The third kappa shape index (κ3) is 3.87. The highest BCUT2D eigenvalue weighted by Crippen LogP contribution is 2.44. The van der Waals surface area contributed by atoms with Gasteiger partial charge in [-0.15, -0.1) is 10.2 Å². The van der Waals surface area contributed by atoms with Crippen LogP contribution in [0.5, 0.6) is 5.75 Å². The van der Waals surface area contributed by atoms with Gasteiger partial charge in [-0.25, -0.2) is 0 Å². The summed E-state index contributed by atoms with van der Waals surface area (Å²) in [6.07, 6.45) is 0. The Bertz CT molecular complexity index is 1640. The van der Waals surface area contributed by atoms with E-state index in [1.165, 1.54) is 0 Å². The Labute approximate surface area is 182 Å². The Kier molecular flexibility index (Phi) is 5.09. The van der Waals surface area contributed by atoms with E-state index in [1.54, 1.807) is 24.3 Å². The lowest BCUT2D eigenvalue weighted by atomic mass is 10.1. The molecule has 0 spiro atoms. The van der Waals surface area contributed by atoms with Gasteiger partial charge < -0.3 is 10.8 Å². The average molecular weight is 473 g/mol. The highest BCUT2D eigenvalue weighted by Gasteiger charge is 2.24. The lowest BCUT2D eigenvalue weighted by Crippen LogP contribution is -2.02. The molecule has 5 N–H and O–H groups in total. The molecule has 164 valence electrons. The molecule has 0 unspecified atom stereocenters. The molecule has 0 aliphatic carbocycles. The fourth-order valence-corrected chi connectivity index (χ4v) is 4.54. The molecule has 0 saturated heterocycles. The maximum Gasteiger partial charge on any atom is 0.296 e. The van der Waals surface area contributed by atoms with Crippen LogP contribution in [0.1, 0.15) is 0 Å². The van der Waals surface area contributed by atoms with E-state index >= 15 is 0 Å². The van der Waals surface area contributed by atoms with Gasteiger partial charge in [-0.2, -0.15) is 16.8 Å². The van der Waals surface area contributed by atoms with Gasteiger partial charge in [0.25, 0.3) is 20.2 Å². The monoisotopic (exact) mass is 473 g/mol. The fourth-order valence-electron chi connectivity index (χ4n) is 3.33. The number of aromatic hydroxyl groups is 1. The van der Waals surface area contributed by atoms with E-state index in [0.29, 0.717) is 11.1 Å². The summed E-state index contributed by atoms with van der Waals surface area (Å²) in [5, 5.41) is 19.9. The number of nitrogen functional groups attached to an aromatic ring is 1. The molecule has 0 fully saturated rings. The van der Waals surface area contributed by atoms with Crippen molar-refractivity contribution in [3.63, 3.8) is 0 Å². The van der Waals surface area contributed by atoms with E-state index < -0.39 is 41.5 Å². The van der Waals surface area contributed by atoms with Gasteiger partial charge in [0.05, 0.1) is 10.6 Å². The minimum atomic E-state index is -4.92. The molecule has 0 atom stereocenters. The van der Waals surface area contributed by atoms with Gasteiger partial charge >= 0.3 is 0 Å². The second-order valence-corrected chi connectivity index (χ2v) is 9.64. The van der Waals surface area contributed by atoms with Gasteiger partial charge in [-0.1, -0.05) is 36.4 Å². The molecule has 0 saturated carbocycles. The van der Waals surface area contributed by atoms with Gasteiger partial charge in [0, 0.05) is 16.5 Å². The van der Waals surface area contributed by atoms with Crippen LogP contribution in [0.4, 0.5) is 17.1 Å². The minimum Gasteiger partial charge on any atom is -0.505 e. The van der Waals surface area contributed by atoms with Crippen LogP contribution >= 0.6 is 0 Å². The maximum absolute atomic E-state index is 12.0. The Morgan fingerprint density at radius 2 is 1.47 bits per heavy atom. The molecule has 0 aliphatic heterocycles. The number of rotatable bonds is 4. The molecule has 32 heavy (non-hydrogen) atoms. The van der Waals surface area contributed by atoms with Gasteiger partial charge in [-0.05, 0) is 35.0 Å². The normalized spacial score (nSPS) is 12.7. The maximum atomic E-state index is 12.0. The molecule has 0 amide bonds. The largest absolute Gasteiger partial charge is 0.505 e. The molecule has 0 aliphatic rings. The van der Waals surface area contributed by atoms with Crippen LogP contribution < -0.4 is 5.73 Å². The average Bonchev–Trinajstić information content (AvgIpc) is 2.71.